The molecule has 0 bridgehead atoms. The molecule has 0 spiro atoms. The Kier molecular flexibility index (Phi) is 10.3. The first-order chi connectivity index (χ1) is 23.7. The lowest BCUT2D eigenvalue weighted by Crippen LogP contribution is -2.33. The number of nitro benzene ring substituents is 1. The van der Waals surface area contributed by atoms with Crippen LogP contribution in [0.3, 0.4) is 0 Å². The predicted octanol–water partition coefficient (Wildman–Crippen LogP) is 6.36. The Hall–Kier alpha value is -5.15. The van der Waals surface area contributed by atoms with Gasteiger partial charge in [0.25, 0.3) is 5.69 Å². The molecule has 1 aliphatic heterocycles. The van der Waals surface area contributed by atoms with Crippen LogP contribution in [0.2, 0.25) is 0 Å². The van der Waals surface area contributed by atoms with E-state index in [1.54, 1.807) is 61.5 Å². The number of hydrazone groups is 1. The van der Waals surface area contributed by atoms with E-state index in [2.05, 4.69) is 20.8 Å². The number of nitro groups is 1. The first-order valence-electron chi connectivity index (χ1n) is 15.8. The fourth-order valence-electron chi connectivity index (χ4n) is 6.09. The summed E-state index contributed by atoms with van der Waals surface area (Å²) < 4.78 is 6.27. The van der Waals surface area contributed by atoms with Gasteiger partial charge >= 0.3 is 6.09 Å². The van der Waals surface area contributed by atoms with Crippen LogP contribution in [0.5, 0.6) is 0 Å². The molecule has 1 aliphatic carbocycles. The Morgan fingerprint density at radius 1 is 1.10 bits per heavy atom. The minimum Gasteiger partial charge on any atom is -0.450 e. The van der Waals surface area contributed by atoms with Crippen LogP contribution in [0.15, 0.2) is 81.1 Å². The van der Waals surface area contributed by atoms with Crippen molar-refractivity contribution in [3.63, 3.8) is 0 Å². The van der Waals surface area contributed by atoms with Crippen molar-refractivity contribution in [3.05, 3.63) is 88.0 Å². The lowest BCUT2D eigenvalue weighted by molar-refractivity contribution is -0.387. The molecular weight excluding hydrogens is 669 g/mol. The Labute approximate surface area is 289 Å². The summed E-state index contributed by atoms with van der Waals surface area (Å²) in [6.45, 7) is 1.86. The molecule has 2 aliphatic rings. The SMILES string of the molecule is CCOC(=O)N[C@H](CC(=O)N/N=C\c1ccc(Sc2nc3ccc(N4C(=O)[C@H]5CCCC[C@H]5C4=O)cc3s2)c([N+](=O)[O-])c1)c1ccccc1. The van der Waals surface area contributed by atoms with Gasteiger partial charge in [-0.05, 0) is 49.6 Å². The van der Waals surface area contributed by atoms with Gasteiger partial charge in [-0.3, -0.25) is 29.4 Å². The fourth-order valence-corrected chi connectivity index (χ4v) is 8.23. The summed E-state index contributed by atoms with van der Waals surface area (Å²) in [4.78, 5) is 68.7. The summed E-state index contributed by atoms with van der Waals surface area (Å²) in [5.41, 5.74) is 4.51. The van der Waals surface area contributed by atoms with Gasteiger partial charge in [-0.1, -0.05) is 61.0 Å². The van der Waals surface area contributed by atoms with Gasteiger partial charge in [0.05, 0.1) is 62.8 Å². The highest BCUT2D eigenvalue weighted by molar-refractivity contribution is 8.01. The summed E-state index contributed by atoms with van der Waals surface area (Å²) >= 11 is 2.45. The molecule has 4 amide bonds. The normalized spacial score (nSPS) is 18.0. The second-order valence-corrected chi connectivity index (χ2v) is 13.9. The van der Waals surface area contributed by atoms with Crippen LogP contribution in [0.4, 0.5) is 16.2 Å². The number of nitrogens with one attached hydrogen (secondary N) is 2. The van der Waals surface area contributed by atoms with Crippen molar-refractivity contribution in [2.75, 3.05) is 11.5 Å². The quantitative estimate of drug-likeness (QED) is 0.0781. The topological polar surface area (TPSA) is 173 Å². The van der Waals surface area contributed by atoms with Crippen LogP contribution in [0.25, 0.3) is 10.2 Å². The molecule has 6 rings (SSSR count). The van der Waals surface area contributed by atoms with Gasteiger partial charge < -0.3 is 10.1 Å². The van der Waals surface area contributed by atoms with Gasteiger partial charge in [0.15, 0.2) is 4.34 Å². The monoisotopic (exact) mass is 700 g/mol. The average Bonchev–Trinajstić information content (AvgIpc) is 3.61. The molecule has 0 unspecified atom stereocenters. The second kappa shape index (κ2) is 15.0. The number of carbonyl (C=O) groups is 4. The third kappa shape index (κ3) is 7.62. The summed E-state index contributed by atoms with van der Waals surface area (Å²) in [7, 11) is 0. The average molecular weight is 701 g/mol. The zero-order chi connectivity index (χ0) is 34.5. The number of amides is 4. The zero-order valence-corrected chi connectivity index (χ0v) is 28.0. The maximum Gasteiger partial charge on any atom is 0.407 e. The Morgan fingerprint density at radius 2 is 1.84 bits per heavy atom. The van der Waals surface area contributed by atoms with E-state index in [0.717, 1.165) is 42.1 Å². The van der Waals surface area contributed by atoms with Crippen LogP contribution < -0.4 is 15.6 Å². The number of nitrogens with zero attached hydrogens (tertiary/aromatic N) is 4. The van der Waals surface area contributed by atoms with Gasteiger partial charge in [0.1, 0.15) is 0 Å². The van der Waals surface area contributed by atoms with Crippen molar-refractivity contribution in [2.24, 2.45) is 16.9 Å². The minimum atomic E-state index is -0.656. The number of benzene rings is 3. The number of fused-ring (bicyclic) bond motifs is 2. The van der Waals surface area contributed by atoms with E-state index in [-0.39, 0.29) is 42.4 Å². The third-order valence-corrected chi connectivity index (χ3v) is 10.5. The largest absolute Gasteiger partial charge is 0.450 e. The second-order valence-electron chi connectivity index (χ2n) is 11.6. The van der Waals surface area contributed by atoms with Gasteiger partial charge in [-0.2, -0.15) is 5.10 Å². The van der Waals surface area contributed by atoms with Crippen molar-refractivity contribution < 1.29 is 28.8 Å². The van der Waals surface area contributed by atoms with Gasteiger partial charge in [0, 0.05) is 11.6 Å². The van der Waals surface area contributed by atoms with Gasteiger partial charge in [-0.25, -0.2) is 15.2 Å². The van der Waals surface area contributed by atoms with Crippen molar-refractivity contribution in [1.29, 1.82) is 0 Å². The van der Waals surface area contributed by atoms with Crippen LogP contribution in [-0.2, 0) is 19.1 Å². The number of anilines is 1. The first kappa shape index (κ1) is 33.7. The van der Waals surface area contributed by atoms with Gasteiger partial charge in [-0.15, -0.1) is 11.3 Å². The number of aromatic nitrogens is 1. The predicted molar refractivity (Wildman–Crippen MR) is 184 cm³/mol. The molecule has 13 nitrogen and oxygen atoms in total. The van der Waals surface area contributed by atoms with E-state index >= 15 is 0 Å². The number of hydrogen-bond acceptors (Lipinski definition) is 11. The van der Waals surface area contributed by atoms with Crippen molar-refractivity contribution >= 4 is 74.7 Å². The van der Waals surface area contributed by atoms with Crippen molar-refractivity contribution in [3.8, 4) is 0 Å². The standard InChI is InChI=1S/C34H32N6O7S2/c1-2-47-33(44)36-26(21-8-4-3-5-9-21)18-30(41)38-35-19-20-12-15-28(27(16-20)40(45)46)48-34-37-25-14-13-22(17-29(25)49-34)39-31(42)23-10-6-7-11-24(23)32(39)43/h3-5,8-9,12-17,19,23-24,26H,2,6-7,10-11,18H2,1H3,(H,36,44)(H,38,41)/b35-19-/t23-,24+,26-/m1/s1. The molecule has 2 fully saturated rings. The summed E-state index contributed by atoms with van der Waals surface area (Å²) in [5.74, 6) is -1.27. The molecule has 49 heavy (non-hydrogen) atoms. The fraction of sp³-hybridized carbons (Fsp3) is 0.294. The van der Waals surface area contributed by atoms with E-state index in [1.807, 2.05) is 6.07 Å². The van der Waals surface area contributed by atoms with Crippen LogP contribution >= 0.6 is 23.1 Å². The van der Waals surface area contributed by atoms with E-state index in [0.29, 0.717) is 31.6 Å². The lowest BCUT2D eigenvalue weighted by Gasteiger charge is -2.19. The number of ether oxygens (including phenoxy) is 1. The molecule has 1 saturated carbocycles. The Bertz CT molecular complexity index is 1930. The molecular formula is C34H32N6O7S2. The lowest BCUT2D eigenvalue weighted by atomic mass is 9.81. The number of imide groups is 1. The number of thiazole rings is 1. The third-order valence-electron chi connectivity index (χ3n) is 8.39. The highest BCUT2D eigenvalue weighted by Crippen LogP contribution is 2.43. The number of carbonyl (C=O) groups excluding carboxylic acids is 4. The van der Waals surface area contributed by atoms with E-state index in [9.17, 15) is 29.3 Å². The Morgan fingerprint density at radius 3 is 2.53 bits per heavy atom. The van der Waals surface area contributed by atoms with Crippen molar-refractivity contribution in [2.45, 2.75) is 54.3 Å². The zero-order valence-electron chi connectivity index (χ0n) is 26.4. The summed E-state index contributed by atoms with van der Waals surface area (Å²) in [6, 6.07) is 18.1. The molecule has 15 heteroatoms. The van der Waals surface area contributed by atoms with Crippen LogP contribution in [0, 0.1) is 22.0 Å². The molecule has 2 heterocycles. The number of hydrogen-bond donors (Lipinski definition) is 2. The summed E-state index contributed by atoms with van der Waals surface area (Å²) in [5, 5.41) is 18.6. The van der Waals surface area contributed by atoms with E-state index in [1.165, 1.54) is 28.5 Å². The molecule has 2 N–H and O–H groups in total. The summed E-state index contributed by atoms with van der Waals surface area (Å²) in [6.07, 6.45) is 3.90. The molecule has 3 atom stereocenters. The van der Waals surface area contributed by atoms with E-state index in [4.69, 9.17) is 4.74 Å². The Balaban J connectivity index is 1.12. The molecule has 252 valence electrons. The smallest absolute Gasteiger partial charge is 0.407 e. The van der Waals surface area contributed by atoms with Crippen LogP contribution in [0.1, 0.15) is 56.2 Å². The number of alkyl carbamates (subject to hydrolysis) is 1. The molecule has 4 aromatic rings. The first-order valence-corrected chi connectivity index (χ1v) is 17.4. The molecule has 0 radical (unpaired) electrons. The number of rotatable bonds is 11. The molecule has 1 saturated heterocycles. The molecule has 1 aromatic heterocycles. The highest BCUT2D eigenvalue weighted by Gasteiger charge is 2.48. The van der Waals surface area contributed by atoms with Crippen LogP contribution in [-0.4, -0.2) is 46.5 Å². The minimum absolute atomic E-state index is 0.120. The van der Waals surface area contributed by atoms with Gasteiger partial charge in [0.2, 0.25) is 17.7 Å². The van der Waals surface area contributed by atoms with E-state index < -0.39 is 23.0 Å². The highest BCUT2D eigenvalue weighted by atomic mass is 32.2. The molecule has 3 aromatic carbocycles. The van der Waals surface area contributed by atoms with Crippen molar-refractivity contribution in [1.82, 2.24) is 15.7 Å². The maximum atomic E-state index is 13.1. The maximum absolute atomic E-state index is 13.1.